The summed E-state index contributed by atoms with van der Waals surface area (Å²) < 4.78 is 0. The zero-order valence-corrected chi connectivity index (χ0v) is 9.62. The number of carbonyl (C=O) groups excluding carboxylic acids is 1. The molecule has 3 nitrogen and oxygen atoms in total. The van der Waals surface area contributed by atoms with E-state index in [0.717, 1.165) is 18.9 Å². The van der Waals surface area contributed by atoms with Crippen LogP contribution in [0.3, 0.4) is 0 Å². The maximum Gasteiger partial charge on any atom is 0.237 e. The summed E-state index contributed by atoms with van der Waals surface area (Å²) >= 11 is 0. The molecule has 1 saturated carbocycles. The van der Waals surface area contributed by atoms with Crippen LogP contribution in [0.15, 0.2) is 0 Å². The average Bonchev–Trinajstić information content (AvgIpc) is 2.96. The summed E-state index contributed by atoms with van der Waals surface area (Å²) in [6.07, 6.45) is 4.99. The van der Waals surface area contributed by atoms with Gasteiger partial charge in [0.2, 0.25) is 5.91 Å². The molecular weight excluding hydrogens is 188 g/mol. The highest BCUT2D eigenvalue weighted by molar-refractivity contribution is 5.81. The molecule has 0 heterocycles. The van der Waals surface area contributed by atoms with Gasteiger partial charge in [-0.2, -0.15) is 5.26 Å². The number of nitrogens with one attached hydrogen (secondary N) is 1. The fourth-order valence-electron chi connectivity index (χ4n) is 1.63. The van der Waals surface area contributed by atoms with E-state index in [1.165, 1.54) is 19.3 Å². The van der Waals surface area contributed by atoms with E-state index in [0.29, 0.717) is 0 Å². The summed E-state index contributed by atoms with van der Waals surface area (Å²) in [4.78, 5) is 11.5. The van der Waals surface area contributed by atoms with Crippen molar-refractivity contribution in [2.75, 3.05) is 6.54 Å². The largest absolute Gasteiger partial charge is 0.355 e. The number of nitriles is 1. The fourth-order valence-corrected chi connectivity index (χ4v) is 1.63. The summed E-state index contributed by atoms with van der Waals surface area (Å²) in [5.74, 6) is 0.409. The second kappa shape index (κ2) is 5.75. The van der Waals surface area contributed by atoms with Gasteiger partial charge in [0, 0.05) is 6.54 Å². The highest BCUT2D eigenvalue weighted by atomic mass is 16.1. The van der Waals surface area contributed by atoms with Gasteiger partial charge in [-0.1, -0.05) is 26.7 Å². The molecule has 0 saturated heterocycles. The van der Waals surface area contributed by atoms with Crippen LogP contribution in [0, 0.1) is 29.1 Å². The SMILES string of the molecule is CC(C)C(C#N)C(=O)NCCCC1CC1. The lowest BCUT2D eigenvalue weighted by Gasteiger charge is -2.12. The molecule has 0 aliphatic heterocycles. The first kappa shape index (κ1) is 12.0. The topological polar surface area (TPSA) is 52.9 Å². The molecule has 0 bridgehead atoms. The first-order valence-electron chi connectivity index (χ1n) is 5.82. The van der Waals surface area contributed by atoms with Crippen LogP contribution in [-0.4, -0.2) is 12.5 Å². The Bertz CT molecular complexity index is 251. The van der Waals surface area contributed by atoms with Crippen LogP contribution in [0.25, 0.3) is 0 Å². The molecule has 1 aliphatic carbocycles. The normalized spacial score (nSPS) is 17.2. The Morgan fingerprint density at radius 3 is 2.67 bits per heavy atom. The molecule has 0 aromatic heterocycles. The van der Waals surface area contributed by atoms with Crippen LogP contribution in [0.4, 0.5) is 0 Å². The molecule has 3 heteroatoms. The maximum atomic E-state index is 11.5. The third-order valence-electron chi connectivity index (χ3n) is 2.87. The highest BCUT2D eigenvalue weighted by Gasteiger charge is 2.22. The summed E-state index contributed by atoms with van der Waals surface area (Å²) in [5, 5.41) is 11.6. The standard InChI is InChI=1S/C12H20N2O/c1-9(2)11(8-13)12(15)14-7-3-4-10-5-6-10/h9-11H,3-7H2,1-2H3,(H,14,15). The fraction of sp³-hybridized carbons (Fsp3) is 0.833. The van der Waals surface area contributed by atoms with Crippen LogP contribution < -0.4 is 5.32 Å². The minimum atomic E-state index is -0.495. The number of amides is 1. The Balaban J connectivity index is 2.13. The zero-order valence-electron chi connectivity index (χ0n) is 9.62. The maximum absolute atomic E-state index is 11.5. The predicted molar refractivity (Wildman–Crippen MR) is 58.9 cm³/mol. The molecule has 0 aromatic carbocycles. The second-order valence-corrected chi connectivity index (χ2v) is 4.73. The average molecular weight is 208 g/mol. The van der Waals surface area contributed by atoms with E-state index < -0.39 is 5.92 Å². The van der Waals surface area contributed by atoms with Gasteiger partial charge < -0.3 is 5.32 Å². The molecule has 1 amide bonds. The van der Waals surface area contributed by atoms with Crippen LogP contribution in [-0.2, 0) is 4.79 Å². The van der Waals surface area contributed by atoms with Crippen LogP contribution >= 0.6 is 0 Å². The summed E-state index contributed by atoms with van der Waals surface area (Å²) in [6.45, 7) is 4.52. The van der Waals surface area contributed by atoms with Gasteiger partial charge in [-0.25, -0.2) is 0 Å². The van der Waals surface area contributed by atoms with Crippen molar-refractivity contribution in [1.29, 1.82) is 5.26 Å². The van der Waals surface area contributed by atoms with Crippen molar-refractivity contribution in [2.45, 2.75) is 39.5 Å². The van der Waals surface area contributed by atoms with Gasteiger partial charge in [-0.3, -0.25) is 4.79 Å². The van der Waals surface area contributed by atoms with Crippen molar-refractivity contribution in [3.05, 3.63) is 0 Å². The van der Waals surface area contributed by atoms with Gasteiger partial charge >= 0.3 is 0 Å². The van der Waals surface area contributed by atoms with Crippen LogP contribution in [0.5, 0.6) is 0 Å². The number of nitrogens with zero attached hydrogens (tertiary/aromatic N) is 1. The highest BCUT2D eigenvalue weighted by Crippen LogP contribution is 2.33. The molecule has 0 radical (unpaired) electrons. The number of carbonyl (C=O) groups is 1. The van der Waals surface area contributed by atoms with Gasteiger partial charge in [0.15, 0.2) is 0 Å². The van der Waals surface area contributed by atoms with Crippen molar-refractivity contribution >= 4 is 5.91 Å². The van der Waals surface area contributed by atoms with E-state index in [1.807, 2.05) is 13.8 Å². The molecule has 1 N–H and O–H groups in total. The predicted octanol–water partition coefficient (Wildman–Crippen LogP) is 2.09. The van der Waals surface area contributed by atoms with Gasteiger partial charge in [0.1, 0.15) is 5.92 Å². The van der Waals surface area contributed by atoms with Gasteiger partial charge in [-0.05, 0) is 24.7 Å². The van der Waals surface area contributed by atoms with E-state index in [4.69, 9.17) is 5.26 Å². The summed E-state index contributed by atoms with van der Waals surface area (Å²) in [7, 11) is 0. The van der Waals surface area contributed by atoms with Crippen molar-refractivity contribution in [3.8, 4) is 6.07 Å². The first-order chi connectivity index (χ1) is 7.15. The molecule has 1 aliphatic rings. The second-order valence-electron chi connectivity index (χ2n) is 4.73. The lowest BCUT2D eigenvalue weighted by Crippen LogP contribution is -2.33. The van der Waals surface area contributed by atoms with Crippen LogP contribution in [0.2, 0.25) is 0 Å². The molecule has 84 valence electrons. The van der Waals surface area contributed by atoms with Crippen molar-refractivity contribution < 1.29 is 4.79 Å². The minimum Gasteiger partial charge on any atom is -0.355 e. The monoisotopic (exact) mass is 208 g/mol. The number of hydrogen-bond acceptors (Lipinski definition) is 2. The van der Waals surface area contributed by atoms with Gasteiger partial charge in [0.25, 0.3) is 0 Å². The van der Waals surface area contributed by atoms with E-state index in [2.05, 4.69) is 11.4 Å². The Morgan fingerprint density at radius 2 is 2.20 bits per heavy atom. The Hall–Kier alpha value is -1.04. The molecule has 15 heavy (non-hydrogen) atoms. The number of rotatable bonds is 6. The lowest BCUT2D eigenvalue weighted by atomic mass is 9.97. The van der Waals surface area contributed by atoms with E-state index in [-0.39, 0.29) is 11.8 Å². The summed E-state index contributed by atoms with van der Waals surface area (Å²) in [5.41, 5.74) is 0. The molecule has 1 atom stereocenters. The third kappa shape index (κ3) is 4.33. The quantitative estimate of drug-likeness (QED) is 0.679. The first-order valence-corrected chi connectivity index (χ1v) is 5.82. The van der Waals surface area contributed by atoms with Crippen LogP contribution in [0.1, 0.15) is 39.5 Å². The van der Waals surface area contributed by atoms with E-state index >= 15 is 0 Å². The summed E-state index contributed by atoms with van der Waals surface area (Å²) in [6, 6.07) is 2.05. The Kier molecular flexibility index (Phi) is 4.61. The Labute approximate surface area is 91.9 Å². The number of hydrogen-bond donors (Lipinski definition) is 1. The van der Waals surface area contributed by atoms with Crippen molar-refractivity contribution in [2.24, 2.45) is 17.8 Å². The molecule has 1 rings (SSSR count). The zero-order chi connectivity index (χ0) is 11.3. The smallest absolute Gasteiger partial charge is 0.237 e. The van der Waals surface area contributed by atoms with Gasteiger partial charge in [0.05, 0.1) is 6.07 Å². The minimum absolute atomic E-state index is 0.0958. The van der Waals surface area contributed by atoms with E-state index in [1.54, 1.807) is 0 Å². The van der Waals surface area contributed by atoms with Crippen molar-refractivity contribution in [3.63, 3.8) is 0 Å². The third-order valence-corrected chi connectivity index (χ3v) is 2.87. The molecular formula is C12H20N2O. The van der Waals surface area contributed by atoms with Crippen molar-refractivity contribution in [1.82, 2.24) is 5.32 Å². The van der Waals surface area contributed by atoms with Gasteiger partial charge in [-0.15, -0.1) is 0 Å². The molecule has 1 fully saturated rings. The molecule has 0 spiro atoms. The lowest BCUT2D eigenvalue weighted by molar-refractivity contribution is -0.124. The molecule has 1 unspecified atom stereocenters. The molecule has 0 aromatic rings. The Morgan fingerprint density at radius 1 is 1.53 bits per heavy atom. The van der Waals surface area contributed by atoms with E-state index in [9.17, 15) is 4.79 Å².